The molecular formula is C12H23ClN2O. The second-order valence-corrected chi connectivity index (χ2v) is 4.88. The van der Waals surface area contributed by atoms with Crippen molar-refractivity contribution in [1.29, 1.82) is 0 Å². The van der Waals surface area contributed by atoms with E-state index in [1.165, 1.54) is 12.8 Å². The van der Waals surface area contributed by atoms with Crippen molar-refractivity contribution in [3.8, 4) is 0 Å². The van der Waals surface area contributed by atoms with E-state index in [-0.39, 0.29) is 18.4 Å². The van der Waals surface area contributed by atoms with E-state index in [0.717, 1.165) is 44.8 Å². The Balaban J connectivity index is 0.00000128. The van der Waals surface area contributed by atoms with Crippen LogP contribution in [0, 0.1) is 5.92 Å². The number of hydrogen-bond acceptors (Lipinski definition) is 2. The summed E-state index contributed by atoms with van der Waals surface area (Å²) >= 11 is 0. The Morgan fingerprint density at radius 1 is 1.38 bits per heavy atom. The predicted octanol–water partition coefficient (Wildman–Crippen LogP) is 1.81. The minimum Gasteiger partial charge on any atom is -0.341 e. The van der Waals surface area contributed by atoms with E-state index < -0.39 is 0 Å². The molecule has 3 nitrogen and oxygen atoms in total. The van der Waals surface area contributed by atoms with Crippen LogP contribution in [0.15, 0.2) is 0 Å². The van der Waals surface area contributed by atoms with Gasteiger partial charge in [-0.3, -0.25) is 4.79 Å². The molecule has 0 aromatic heterocycles. The fourth-order valence-electron chi connectivity index (χ4n) is 2.29. The van der Waals surface area contributed by atoms with Gasteiger partial charge in [-0.15, -0.1) is 12.4 Å². The van der Waals surface area contributed by atoms with Crippen LogP contribution in [0.3, 0.4) is 0 Å². The van der Waals surface area contributed by atoms with Gasteiger partial charge in [-0.05, 0) is 44.6 Å². The quantitative estimate of drug-likeness (QED) is 0.803. The minimum absolute atomic E-state index is 0. The highest BCUT2D eigenvalue weighted by Crippen LogP contribution is 2.30. The van der Waals surface area contributed by atoms with Crippen molar-refractivity contribution in [2.75, 3.05) is 19.6 Å². The van der Waals surface area contributed by atoms with Gasteiger partial charge in [0.15, 0.2) is 0 Å². The standard InChI is InChI=1S/C12H22N2O.ClH/c1-2-8-14(9-10-5-6-10)12(15)11-4-3-7-13-11;/h10-11,13H,2-9H2,1H3;1H. The lowest BCUT2D eigenvalue weighted by Gasteiger charge is -2.25. The van der Waals surface area contributed by atoms with Gasteiger partial charge in [-0.2, -0.15) is 0 Å². The Labute approximate surface area is 104 Å². The predicted molar refractivity (Wildman–Crippen MR) is 67.9 cm³/mol. The highest BCUT2D eigenvalue weighted by Gasteiger charge is 2.30. The lowest BCUT2D eigenvalue weighted by atomic mass is 10.2. The van der Waals surface area contributed by atoms with Crippen LogP contribution in [0.1, 0.15) is 39.0 Å². The van der Waals surface area contributed by atoms with Crippen molar-refractivity contribution in [2.24, 2.45) is 5.92 Å². The summed E-state index contributed by atoms with van der Waals surface area (Å²) in [7, 11) is 0. The van der Waals surface area contributed by atoms with Crippen LogP contribution in [0.4, 0.5) is 0 Å². The number of hydrogen-bond donors (Lipinski definition) is 1. The number of amides is 1. The van der Waals surface area contributed by atoms with Crippen LogP contribution in [-0.4, -0.2) is 36.5 Å². The molecule has 0 aromatic carbocycles. The van der Waals surface area contributed by atoms with Crippen LogP contribution in [-0.2, 0) is 4.79 Å². The Morgan fingerprint density at radius 3 is 2.62 bits per heavy atom. The molecule has 1 N–H and O–H groups in total. The Morgan fingerprint density at radius 2 is 2.12 bits per heavy atom. The second-order valence-electron chi connectivity index (χ2n) is 4.88. The average Bonchev–Trinajstić information content (AvgIpc) is 2.88. The summed E-state index contributed by atoms with van der Waals surface area (Å²) in [6, 6.07) is 0.121. The van der Waals surface area contributed by atoms with Gasteiger partial charge in [-0.1, -0.05) is 6.92 Å². The van der Waals surface area contributed by atoms with Gasteiger partial charge in [0.2, 0.25) is 5.91 Å². The summed E-state index contributed by atoms with van der Waals surface area (Å²) in [5, 5.41) is 3.30. The molecule has 1 aliphatic heterocycles. The van der Waals surface area contributed by atoms with Gasteiger partial charge in [0.1, 0.15) is 0 Å². The number of nitrogens with one attached hydrogen (secondary N) is 1. The normalized spacial score (nSPS) is 23.9. The first-order valence-corrected chi connectivity index (χ1v) is 6.33. The molecule has 1 atom stereocenters. The molecule has 1 saturated carbocycles. The summed E-state index contributed by atoms with van der Waals surface area (Å²) in [4.78, 5) is 14.2. The molecule has 0 spiro atoms. The zero-order valence-electron chi connectivity index (χ0n) is 10.1. The SMILES string of the molecule is CCCN(CC1CC1)C(=O)C1CCCN1.Cl. The summed E-state index contributed by atoms with van der Waals surface area (Å²) in [6.45, 7) is 5.10. The molecule has 16 heavy (non-hydrogen) atoms. The third kappa shape index (κ3) is 3.63. The van der Waals surface area contributed by atoms with Crippen LogP contribution >= 0.6 is 12.4 Å². The van der Waals surface area contributed by atoms with Crippen molar-refractivity contribution in [2.45, 2.75) is 45.1 Å². The molecule has 0 bridgehead atoms. The van der Waals surface area contributed by atoms with Crippen molar-refractivity contribution < 1.29 is 4.79 Å². The van der Waals surface area contributed by atoms with Gasteiger partial charge in [0, 0.05) is 13.1 Å². The fraction of sp³-hybridized carbons (Fsp3) is 0.917. The maximum Gasteiger partial charge on any atom is 0.239 e. The molecule has 2 fully saturated rings. The largest absolute Gasteiger partial charge is 0.341 e. The first-order chi connectivity index (χ1) is 7.31. The Kier molecular flexibility index (Phi) is 5.56. The van der Waals surface area contributed by atoms with E-state index in [4.69, 9.17) is 0 Å². The molecule has 94 valence electrons. The van der Waals surface area contributed by atoms with Gasteiger partial charge >= 0.3 is 0 Å². The lowest BCUT2D eigenvalue weighted by molar-refractivity contribution is -0.133. The van der Waals surface area contributed by atoms with E-state index >= 15 is 0 Å². The molecule has 1 aliphatic carbocycles. The Hall–Kier alpha value is -0.280. The first-order valence-electron chi connectivity index (χ1n) is 6.33. The third-order valence-corrected chi connectivity index (χ3v) is 3.34. The minimum atomic E-state index is 0. The van der Waals surface area contributed by atoms with Crippen LogP contribution in [0.2, 0.25) is 0 Å². The van der Waals surface area contributed by atoms with E-state index in [1.807, 2.05) is 0 Å². The van der Waals surface area contributed by atoms with Gasteiger partial charge in [0.05, 0.1) is 6.04 Å². The average molecular weight is 247 g/mol. The summed E-state index contributed by atoms with van der Waals surface area (Å²) < 4.78 is 0. The molecule has 1 amide bonds. The van der Waals surface area contributed by atoms with Gasteiger partial charge in [-0.25, -0.2) is 0 Å². The van der Waals surface area contributed by atoms with Gasteiger partial charge < -0.3 is 10.2 Å². The smallest absolute Gasteiger partial charge is 0.239 e. The second kappa shape index (κ2) is 6.45. The summed E-state index contributed by atoms with van der Waals surface area (Å²) in [5.41, 5.74) is 0. The number of carbonyl (C=O) groups excluding carboxylic acids is 1. The molecule has 0 radical (unpaired) electrons. The molecular weight excluding hydrogens is 224 g/mol. The molecule has 0 aromatic rings. The maximum absolute atomic E-state index is 12.2. The van der Waals surface area contributed by atoms with Crippen LogP contribution in [0.25, 0.3) is 0 Å². The molecule has 1 heterocycles. The highest BCUT2D eigenvalue weighted by molar-refractivity contribution is 5.85. The van der Waals surface area contributed by atoms with Crippen molar-refractivity contribution in [1.82, 2.24) is 10.2 Å². The first kappa shape index (κ1) is 13.8. The van der Waals surface area contributed by atoms with E-state index in [9.17, 15) is 4.79 Å². The maximum atomic E-state index is 12.2. The van der Waals surface area contributed by atoms with Crippen molar-refractivity contribution in [3.63, 3.8) is 0 Å². The number of nitrogens with zero attached hydrogens (tertiary/aromatic N) is 1. The number of rotatable bonds is 5. The topological polar surface area (TPSA) is 32.3 Å². The summed E-state index contributed by atoms with van der Waals surface area (Å²) in [6.07, 6.45) is 5.91. The summed E-state index contributed by atoms with van der Waals surface area (Å²) in [5.74, 6) is 1.16. The zero-order chi connectivity index (χ0) is 10.7. The Bertz CT molecular complexity index is 225. The van der Waals surface area contributed by atoms with Crippen molar-refractivity contribution in [3.05, 3.63) is 0 Å². The third-order valence-electron chi connectivity index (χ3n) is 3.34. The number of halogens is 1. The highest BCUT2D eigenvalue weighted by atomic mass is 35.5. The van der Waals surface area contributed by atoms with Crippen molar-refractivity contribution >= 4 is 18.3 Å². The lowest BCUT2D eigenvalue weighted by Crippen LogP contribution is -2.44. The molecule has 1 unspecified atom stereocenters. The number of carbonyl (C=O) groups is 1. The molecule has 1 saturated heterocycles. The van der Waals surface area contributed by atoms with Crippen LogP contribution < -0.4 is 5.32 Å². The molecule has 2 rings (SSSR count). The van der Waals surface area contributed by atoms with E-state index in [2.05, 4.69) is 17.1 Å². The monoisotopic (exact) mass is 246 g/mol. The fourth-order valence-corrected chi connectivity index (χ4v) is 2.29. The van der Waals surface area contributed by atoms with Gasteiger partial charge in [0.25, 0.3) is 0 Å². The van der Waals surface area contributed by atoms with E-state index in [0.29, 0.717) is 5.91 Å². The zero-order valence-corrected chi connectivity index (χ0v) is 10.9. The molecule has 4 heteroatoms. The van der Waals surface area contributed by atoms with E-state index in [1.54, 1.807) is 0 Å². The van der Waals surface area contributed by atoms with Crippen LogP contribution in [0.5, 0.6) is 0 Å². The molecule has 2 aliphatic rings.